The third kappa shape index (κ3) is 2.24. The highest BCUT2D eigenvalue weighted by molar-refractivity contribution is 5.84. The molecule has 1 aromatic carbocycles. The summed E-state index contributed by atoms with van der Waals surface area (Å²) in [5.74, 6) is -1.78. The summed E-state index contributed by atoms with van der Waals surface area (Å²) in [4.78, 5) is 0. The molecule has 6 heteroatoms. The van der Waals surface area contributed by atoms with Crippen molar-refractivity contribution in [2.24, 2.45) is 0 Å². The van der Waals surface area contributed by atoms with Gasteiger partial charge in [-0.2, -0.15) is 13.2 Å². The predicted octanol–water partition coefficient (Wildman–Crippen LogP) is 4.47. The Hall–Kier alpha value is -1.95. The first-order valence-corrected chi connectivity index (χ1v) is 7.64. The molecule has 0 aliphatic heterocycles. The molecular weight excluding hydrogens is 319 g/mol. The van der Waals surface area contributed by atoms with E-state index in [9.17, 15) is 23.4 Å². The van der Waals surface area contributed by atoms with Crippen molar-refractivity contribution in [3.63, 3.8) is 0 Å². The molecule has 0 amide bonds. The number of phenols is 1. The molecule has 24 heavy (non-hydrogen) atoms. The minimum absolute atomic E-state index is 0.0991. The number of allylic oxidation sites excluding steroid dienone is 1. The summed E-state index contributed by atoms with van der Waals surface area (Å²) in [6, 6.07) is 1.54. The Labute approximate surface area is 139 Å². The Kier molecular flexibility index (Phi) is 4.25. The molecule has 1 aromatic rings. The van der Waals surface area contributed by atoms with Crippen LogP contribution in [-0.4, -0.2) is 22.0 Å². The summed E-state index contributed by atoms with van der Waals surface area (Å²) in [6.45, 7) is 9.80. The number of phenolic OH excluding ortho intramolecular Hbond substituents is 1. The van der Waals surface area contributed by atoms with Crippen molar-refractivity contribution in [2.75, 3.05) is 5.73 Å². The second-order valence-corrected chi connectivity index (χ2v) is 6.57. The number of nitrogen functional groups attached to an aromatic ring is 1. The van der Waals surface area contributed by atoms with Crippen LogP contribution in [0.3, 0.4) is 0 Å². The number of halogens is 3. The Morgan fingerprint density at radius 1 is 1.33 bits per heavy atom. The number of aliphatic hydroxyl groups is 1. The Morgan fingerprint density at radius 3 is 2.29 bits per heavy atom. The summed E-state index contributed by atoms with van der Waals surface area (Å²) < 4.78 is 41.1. The molecule has 2 unspecified atom stereocenters. The Morgan fingerprint density at radius 2 is 1.88 bits per heavy atom. The van der Waals surface area contributed by atoms with E-state index >= 15 is 0 Å². The van der Waals surface area contributed by atoms with Crippen LogP contribution in [0, 0.1) is 0 Å². The van der Waals surface area contributed by atoms with Crippen LogP contribution >= 0.6 is 0 Å². The molecule has 2 rings (SSSR count). The molecule has 1 aliphatic carbocycles. The predicted molar refractivity (Wildman–Crippen MR) is 88.8 cm³/mol. The van der Waals surface area contributed by atoms with Gasteiger partial charge in [-0.3, -0.25) is 0 Å². The lowest BCUT2D eigenvalue weighted by molar-refractivity contribution is -0.248. The average Bonchev–Trinajstić information content (AvgIpc) is 2.47. The molecule has 3 nitrogen and oxygen atoms in total. The molecular formula is C18H22F3NO2. The topological polar surface area (TPSA) is 66.5 Å². The van der Waals surface area contributed by atoms with Gasteiger partial charge in [0.1, 0.15) is 5.75 Å². The lowest BCUT2D eigenvalue weighted by atomic mass is 9.67. The van der Waals surface area contributed by atoms with E-state index < -0.39 is 17.7 Å². The lowest BCUT2D eigenvalue weighted by Gasteiger charge is -2.43. The van der Waals surface area contributed by atoms with Gasteiger partial charge >= 0.3 is 6.18 Å². The first kappa shape index (κ1) is 18.4. The van der Waals surface area contributed by atoms with Crippen molar-refractivity contribution < 1.29 is 23.4 Å². The van der Waals surface area contributed by atoms with Crippen LogP contribution in [0.4, 0.5) is 18.9 Å². The van der Waals surface area contributed by atoms with E-state index in [1.54, 1.807) is 0 Å². The molecule has 0 saturated carbocycles. The van der Waals surface area contributed by atoms with E-state index in [-0.39, 0.29) is 39.6 Å². The number of alkyl halides is 3. The van der Waals surface area contributed by atoms with Crippen molar-refractivity contribution >= 4 is 11.3 Å². The number of anilines is 1. The highest BCUT2D eigenvalue weighted by Gasteiger charge is 2.61. The number of aromatic hydroxyl groups is 1. The molecule has 0 aromatic heterocycles. The van der Waals surface area contributed by atoms with Crippen LogP contribution in [-0.2, 0) is 0 Å². The van der Waals surface area contributed by atoms with Gasteiger partial charge in [0.2, 0.25) is 0 Å². The summed E-state index contributed by atoms with van der Waals surface area (Å²) >= 11 is 0. The van der Waals surface area contributed by atoms with Gasteiger partial charge < -0.3 is 15.9 Å². The van der Waals surface area contributed by atoms with Crippen molar-refractivity contribution in [1.82, 2.24) is 0 Å². The minimum Gasteiger partial charge on any atom is -0.505 e. The SMILES string of the molecule is C=CC1c2cc(C(C)C)c(N)c(O)c2C(C)=C(C)C1(O)C(F)(F)F. The molecule has 1 aliphatic rings. The van der Waals surface area contributed by atoms with Gasteiger partial charge in [-0.15, -0.1) is 6.58 Å². The van der Waals surface area contributed by atoms with Crippen molar-refractivity contribution in [3.05, 3.63) is 41.0 Å². The van der Waals surface area contributed by atoms with Crippen LogP contribution < -0.4 is 5.73 Å². The summed E-state index contributed by atoms with van der Waals surface area (Å²) in [7, 11) is 0. The quantitative estimate of drug-likeness (QED) is 0.422. The lowest BCUT2D eigenvalue weighted by Crippen LogP contribution is -2.52. The Bertz CT molecular complexity index is 735. The van der Waals surface area contributed by atoms with Gasteiger partial charge in [-0.1, -0.05) is 26.0 Å². The van der Waals surface area contributed by atoms with Gasteiger partial charge in [-0.05, 0) is 42.0 Å². The second-order valence-electron chi connectivity index (χ2n) is 6.57. The third-order valence-corrected chi connectivity index (χ3v) is 4.99. The first-order valence-electron chi connectivity index (χ1n) is 7.64. The number of fused-ring (bicyclic) bond motifs is 1. The van der Waals surface area contributed by atoms with Crippen LogP contribution in [0.25, 0.3) is 5.57 Å². The minimum atomic E-state index is -4.89. The van der Waals surface area contributed by atoms with Crippen molar-refractivity contribution in [1.29, 1.82) is 0 Å². The zero-order chi connectivity index (χ0) is 18.6. The molecule has 2 atom stereocenters. The average molecular weight is 341 g/mol. The van der Waals surface area contributed by atoms with Crippen LogP contribution in [0.1, 0.15) is 56.2 Å². The zero-order valence-corrected chi connectivity index (χ0v) is 14.1. The number of benzene rings is 1. The number of nitrogens with two attached hydrogens (primary N) is 1. The van der Waals surface area contributed by atoms with E-state index in [0.717, 1.165) is 6.08 Å². The molecule has 0 radical (unpaired) electrons. The Balaban J connectivity index is 2.96. The van der Waals surface area contributed by atoms with Gasteiger partial charge in [0.05, 0.1) is 5.69 Å². The smallest absolute Gasteiger partial charge is 0.422 e. The van der Waals surface area contributed by atoms with Gasteiger partial charge in [0.25, 0.3) is 0 Å². The maximum atomic E-state index is 13.7. The van der Waals surface area contributed by atoms with Gasteiger partial charge in [0, 0.05) is 11.5 Å². The highest BCUT2D eigenvalue weighted by atomic mass is 19.4. The maximum Gasteiger partial charge on any atom is 0.422 e. The van der Waals surface area contributed by atoms with E-state index in [4.69, 9.17) is 5.73 Å². The normalized spacial score (nSPS) is 24.3. The molecule has 0 spiro atoms. The molecule has 132 valence electrons. The molecule has 0 heterocycles. The standard InChI is InChI=1S/C18H22F3NO2/c1-6-13-12-7-11(8(2)3)15(22)16(23)14(12)9(4)10(5)17(13,24)18(19,20)21/h6-8,13,23-24H,1,22H2,2-5H3. The first-order chi connectivity index (χ1) is 10.9. The fraction of sp³-hybridized carbons (Fsp3) is 0.444. The van der Waals surface area contributed by atoms with Crippen molar-refractivity contribution in [3.8, 4) is 5.75 Å². The summed E-state index contributed by atoms with van der Waals surface area (Å²) in [6.07, 6.45) is -3.81. The maximum absolute atomic E-state index is 13.7. The van der Waals surface area contributed by atoms with E-state index in [0.29, 0.717) is 5.56 Å². The summed E-state index contributed by atoms with van der Waals surface area (Å²) in [5, 5.41) is 21.1. The molecule has 0 fully saturated rings. The monoisotopic (exact) mass is 341 g/mol. The van der Waals surface area contributed by atoms with Gasteiger partial charge in [-0.25, -0.2) is 0 Å². The second kappa shape index (κ2) is 5.55. The fourth-order valence-corrected chi connectivity index (χ4v) is 3.46. The van der Waals surface area contributed by atoms with Crippen LogP contribution in [0.15, 0.2) is 24.3 Å². The van der Waals surface area contributed by atoms with E-state index in [1.165, 1.54) is 19.9 Å². The van der Waals surface area contributed by atoms with Crippen LogP contribution in [0.2, 0.25) is 0 Å². The number of hydrogen-bond acceptors (Lipinski definition) is 3. The number of rotatable bonds is 2. The molecule has 4 N–H and O–H groups in total. The van der Waals surface area contributed by atoms with Crippen LogP contribution in [0.5, 0.6) is 5.75 Å². The highest BCUT2D eigenvalue weighted by Crippen LogP contribution is 2.56. The third-order valence-electron chi connectivity index (χ3n) is 4.99. The van der Waals surface area contributed by atoms with Crippen molar-refractivity contribution in [2.45, 2.75) is 51.3 Å². The van der Waals surface area contributed by atoms with E-state index in [2.05, 4.69) is 6.58 Å². The number of hydrogen-bond donors (Lipinski definition) is 3. The molecule has 0 saturated heterocycles. The molecule has 0 bridgehead atoms. The zero-order valence-electron chi connectivity index (χ0n) is 14.1. The largest absolute Gasteiger partial charge is 0.505 e. The van der Waals surface area contributed by atoms with E-state index in [1.807, 2.05) is 13.8 Å². The fourth-order valence-electron chi connectivity index (χ4n) is 3.46. The van der Waals surface area contributed by atoms with Gasteiger partial charge in [0.15, 0.2) is 5.60 Å². The summed E-state index contributed by atoms with van der Waals surface area (Å²) in [5.41, 5.74) is 3.92.